The summed E-state index contributed by atoms with van der Waals surface area (Å²) in [5, 5.41) is 15.8. The average molecular weight is 271 g/mol. The van der Waals surface area contributed by atoms with Crippen molar-refractivity contribution in [2.45, 2.75) is 0 Å². The van der Waals surface area contributed by atoms with E-state index < -0.39 is 5.97 Å². The summed E-state index contributed by atoms with van der Waals surface area (Å²) in [5.41, 5.74) is 0.579. The third-order valence-corrected chi connectivity index (χ3v) is 2.69. The number of aromatic amines is 1. The Bertz CT molecular complexity index is 535. The van der Waals surface area contributed by atoms with Gasteiger partial charge in [0, 0.05) is 4.47 Å². The number of fused-ring (bicyclic) bond motifs is 1. The van der Waals surface area contributed by atoms with Crippen LogP contribution in [0.1, 0.15) is 10.5 Å². The predicted molar refractivity (Wildman–Crippen MR) is 57.3 cm³/mol. The Morgan fingerprint density at radius 3 is 2.93 bits per heavy atom. The van der Waals surface area contributed by atoms with Crippen molar-refractivity contribution in [3.8, 4) is 5.75 Å². The van der Waals surface area contributed by atoms with Gasteiger partial charge in [-0.15, -0.1) is 0 Å². The molecule has 0 aliphatic rings. The van der Waals surface area contributed by atoms with E-state index in [9.17, 15) is 4.79 Å². The van der Waals surface area contributed by atoms with E-state index in [1.165, 1.54) is 7.11 Å². The summed E-state index contributed by atoms with van der Waals surface area (Å²) < 4.78 is 5.81. The number of aromatic nitrogens is 2. The van der Waals surface area contributed by atoms with Gasteiger partial charge in [-0.2, -0.15) is 5.10 Å². The lowest BCUT2D eigenvalue weighted by Gasteiger charge is -2.02. The molecule has 1 aromatic heterocycles. The fourth-order valence-electron chi connectivity index (χ4n) is 1.39. The summed E-state index contributed by atoms with van der Waals surface area (Å²) in [5.74, 6) is -0.576. The Morgan fingerprint density at radius 2 is 2.33 bits per heavy atom. The third-order valence-electron chi connectivity index (χ3n) is 2.05. The van der Waals surface area contributed by atoms with Gasteiger partial charge in [-0.3, -0.25) is 5.10 Å². The molecular weight excluding hydrogens is 264 g/mol. The highest BCUT2D eigenvalue weighted by molar-refractivity contribution is 9.10. The second-order valence-electron chi connectivity index (χ2n) is 2.88. The molecule has 6 heteroatoms. The fourth-order valence-corrected chi connectivity index (χ4v) is 1.81. The van der Waals surface area contributed by atoms with E-state index in [2.05, 4.69) is 26.1 Å². The minimum atomic E-state index is -1.06. The second kappa shape index (κ2) is 3.54. The van der Waals surface area contributed by atoms with E-state index in [0.29, 0.717) is 16.7 Å². The first kappa shape index (κ1) is 9.97. The Morgan fingerprint density at radius 1 is 1.60 bits per heavy atom. The number of methoxy groups -OCH3 is 1. The Labute approximate surface area is 93.2 Å². The van der Waals surface area contributed by atoms with Crippen molar-refractivity contribution in [2.75, 3.05) is 7.11 Å². The zero-order valence-corrected chi connectivity index (χ0v) is 9.33. The second-order valence-corrected chi connectivity index (χ2v) is 3.73. The molecule has 0 aliphatic heterocycles. The number of nitrogens with one attached hydrogen (secondary N) is 1. The zero-order chi connectivity index (χ0) is 11.0. The van der Waals surface area contributed by atoms with E-state index in [-0.39, 0.29) is 5.69 Å². The smallest absolute Gasteiger partial charge is 0.354 e. The van der Waals surface area contributed by atoms with Crippen molar-refractivity contribution in [1.82, 2.24) is 10.2 Å². The molecule has 0 radical (unpaired) electrons. The molecule has 0 fully saturated rings. The summed E-state index contributed by atoms with van der Waals surface area (Å²) in [6.07, 6.45) is 0. The number of ether oxygens (including phenoxy) is 1. The van der Waals surface area contributed by atoms with Crippen LogP contribution in [0.25, 0.3) is 10.9 Å². The molecule has 0 saturated carbocycles. The van der Waals surface area contributed by atoms with Crippen LogP contribution in [0.3, 0.4) is 0 Å². The van der Waals surface area contributed by atoms with Crippen LogP contribution in [0.15, 0.2) is 16.6 Å². The maximum atomic E-state index is 10.9. The van der Waals surface area contributed by atoms with Crippen LogP contribution in [0, 0.1) is 0 Å². The predicted octanol–water partition coefficient (Wildman–Crippen LogP) is 2.03. The number of carboxylic acid groups (broad SMARTS) is 1. The normalized spacial score (nSPS) is 10.5. The zero-order valence-electron chi connectivity index (χ0n) is 7.74. The van der Waals surface area contributed by atoms with Crippen LogP contribution >= 0.6 is 15.9 Å². The molecular formula is C9H7BrN2O3. The number of benzene rings is 1. The molecule has 78 valence electrons. The summed E-state index contributed by atoms with van der Waals surface area (Å²) in [6, 6.07) is 3.45. The number of halogens is 1. The van der Waals surface area contributed by atoms with Gasteiger partial charge in [-0.1, -0.05) is 0 Å². The molecule has 0 bridgehead atoms. The number of nitrogens with zero attached hydrogens (tertiary/aromatic N) is 1. The molecule has 0 atom stereocenters. The highest BCUT2D eigenvalue weighted by Gasteiger charge is 2.17. The number of rotatable bonds is 2. The molecule has 2 aromatic rings. The van der Waals surface area contributed by atoms with Gasteiger partial charge in [-0.25, -0.2) is 4.79 Å². The average Bonchev–Trinajstić information content (AvgIpc) is 2.64. The SMILES string of the molecule is COc1ccc(Br)c2n[nH]c(C(=O)O)c12. The van der Waals surface area contributed by atoms with Crippen LogP contribution in [0.5, 0.6) is 5.75 Å². The monoisotopic (exact) mass is 270 g/mol. The summed E-state index contributed by atoms with van der Waals surface area (Å²) in [6.45, 7) is 0. The Balaban J connectivity index is 2.86. The van der Waals surface area contributed by atoms with Gasteiger partial charge in [0.15, 0.2) is 5.69 Å². The topological polar surface area (TPSA) is 75.2 Å². The minimum absolute atomic E-state index is 0.0307. The minimum Gasteiger partial charge on any atom is -0.496 e. The fraction of sp³-hybridized carbons (Fsp3) is 0.111. The number of carbonyl (C=O) groups is 1. The molecule has 5 nitrogen and oxygen atoms in total. The van der Waals surface area contributed by atoms with Crippen LogP contribution in [-0.4, -0.2) is 28.4 Å². The molecule has 1 heterocycles. The largest absolute Gasteiger partial charge is 0.496 e. The molecule has 2 N–H and O–H groups in total. The molecule has 0 unspecified atom stereocenters. The maximum absolute atomic E-state index is 10.9. The van der Waals surface area contributed by atoms with Gasteiger partial charge in [0.1, 0.15) is 11.3 Å². The van der Waals surface area contributed by atoms with Crippen molar-refractivity contribution in [3.63, 3.8) is 0 Å². The van der Waals surface area contributed by atoms with Crippen LogP contribution in [0.2, 0.25) is 0 Å². The van der Waals surface area contributed by atoms with Crippen molar-refractivity contribution < 1.29 is 14.6 Å². The lowest BCUT2D eigenvalue weighted by Crippen LogP contribution is -1.98. The van der Waals surface area contributed by atoms with E-state index in [1.54, 1.807) is 12.1 Å². The number of aromatic carboxylic acids is 1. The van der Waals surface area contributed by atoms with Gasteiger partial charge in [-0.05, 0) is 28.1 Å². The highest BCUT2D eigenvalue weighted by atomic mass is 79.9. The number of hydrogen-bond acceptors (Lipinski definition) is 3. The molecule has 0 aliphatic carbocycles. The summed E-state index contributed by atoms with van der Waals surface area (Å²) in [7, 11) is 1.49. The maximum Gasteiger partial charge on any atom is 0.354 e. The van der Waals surface area contributed by atoms with Crippen molar-refractivity contribution in [2.24, 2.45) is 0 Å². The third kappa shape index (κ3) is 1.46. The standard InChI is InChI=1S/C9H7BrN2O3/c1-15-5-3-2-4(10)7-6(5)8(9(13)14)12-11-7/h2-3H,1H3,(H,11,12)(H,13,14). The molecule has 0 amide bonds. The first-order valence-corrected chi connectivity index (χ1v) is 4.88. The summed E-state index contributed by atoms with van der Waals surface area (Å²) in [4.78, 5) is 10.9. The van der Waals surface area contributed by atoms with Crippen molar-refractivity contribution in [1.29, 1.82) is 0 Å². The number of H-pyrrole nitrogens is 1. The molecule has 0 saturated heterocycles. The quantitative estimate of drug-likeness (QED) is 0.876. The van der Waals surface area contributed by atoms with Crippen LogP contribution in [0.4, 0.5) is 0 Å². The first-order valence-electron chi connectivity index (χ1n) is 4.09. The molecule has 15 heavy (non-hydrogen) atoms. The Hall–Kier alpha value is -1.56. The number of carboxylic acids is 1. The van der Waals surface area contributed by atoms with E-state index in [1.807, 2.05) is 0 Å². The van der Waals surface area contributed by atoms with Crippen LogP contribution < -0.4 is 4.74 Å². The molecule has 2 rings (SSSR count). The summed E-state index contributed by atoms with van der Waals surface area (Å²) >= 11 is 3.29. The van der Waals surface area contributed by atoms with E-state index >= 15 is 0 Å². The number of hydrogen-bond donors (Lipinski definition) is 2. The lowest BCUT2D eigenvalue weighted by atomic mass is 10.2. The van der Waals surface area contributed by atoms with Crippen molar-refractivity contribution >= 4 is 32.8 Å². The molecule has 0 spiro atoms. The van der Waals surface area contributed by atoms with Gasteiger partial charge in [0.2, 0.25) is 0 Å². The van der Waals surface area contributed by atoms with Gasteiger partial charge < -0.3 is 9.84 Å². The highest BCUT2D eigenvalue weighted by Crippen LogP contribution is 2.32. The first-order chi connectivity index (χ1) is 7.15. The molecule has 1 aromatic carbocycles. The van der Waals surface area contributed by atoms with E-state index in [4.69, 9.17) is 9.84 Å². The lowest BCUT2D eigenvalue weighted by molar-refractivity contribution is 0.0692. The van der Waals surface area contributed by atoms with Gasteiger partial charge in [0.25, 0.3) is 0 Å². The van der Waals surface area contributed by atoms with Crippen LogP contribution in [-0.2, 0) is 0 Å². The van der Waals surface area contributed by atoms with E-state index in [0.717, 1.165) is 4.47 Å². The Kier molecular flexibility index (Phi) is 2.36. The van der Waals surface area contributed by atoms with Crippen molar-refractivity contribution in [3.05, 3.63) is 22.3 Å². The van der Waals surface area contributed by atoms with Gasteiger partial charge in [0.05, 0.1) is 12.5 Å². The van der Waals surface area contributed by atoms with Gasteiger partial charge >= 0.3 is 5.97 Å².